The van der Waals surface area contributed by atoms with Crippen LogP contribution in [0.15, 0.2) is 4.99 Å². The van der Waals surface area contributed by atoms with E-state index >= 15 is 0 Å². The number of halogens is 1. The van der Waals surface area contributed by atoms with Crippen LogP contribution in [0.4, 0.5) is 0 Å². The minimum atomic E-state index is 0. The van der Waals surface area contributed by atoms with Crippen LogP contribution in [0.1, 0.15) is 52.9 Å². The summed E-state index contributed by atoms with van der Waals surface area (Å²) in [6.07, 6.45) is 6.29. The Balaban J connectivity index is 0.00000484. The first kappa shape index (κ1) is 22.5. The van der Waals surface area contributed by atoms with Crippen molar-refractivity contribution in [3.63, 3.8) is 0 Å². The molecule has 23 heavy (non-hydrogen) atoms. The van der Waals surface area contributed by atoms with E-state index in [0.717, 1.165) is 18.4 Å². The lowest BCUT2D eigenvalue weighted by atomic mass is 9.84. The van der Waals surface area contributed by atoms with Gasteiger partial charge in [-0.1, -0.05) is 40.0 Å². The Labute approximate surface area is 159 Å². The number of nitrogens with zero attached hydrogens (tertiary/aromatic N) is 2. The number of likely N-dealkylation sites (N-methyl/N-ethyl adjacent to an activating group) is 1. The molecule has 1 amide bonds. The van der Waals surface area contributed by atoms with E-state index in [-0.39, 0.29) is 36.4 Å². The van der Waals surface area contributed by atoms with E-state index in [2.05, 4.69) is 36.4 Å². The Kier molecular flexibility index (Phi) is 11.6. The van der Waals surface area contributed by atoms with Crippen molar-refractivity contribution >= 4 is 35.8 Å². The van der Waals surface area contributed by atoms with Gasteiger partial charge < -0.3 is 15.5 Å². The van der Waals surface area contributed by atoms with E-state index in [4.69, 9.17) is 0 Å². The number of rotatable bonds is 6. The van der Waals surface area contributed by atoms with Gasteiger partial charge in [-0.25, -0.2) is 4.99 Å². The Morgan fingerprint density at radius 1 is 1.30 bits per heavy atom. The summed E-state index contributed by atoms with van der Waals surface area (Å²) in [5.41, 5.74) is 0. The molecule has 1 aliphatic carbocycles. The van der Waals surface area contributed by atoms with Crippen LogP contribution in [0, 0.1) is 11.8 Å². The summed E-state index contributed by atoms with van der Waals surface area (Å²) < 4.78 is 0. The van der Waals surface area contributed by atoms with Crippen molar-refractivity contribution in [2.45, 2.75) is 58.9 Å². The van der Waals surface area contributed by atoms with Gasteiger partial charge in [0.1, 0.15) is 6.54 Å². The van der Waals surface area contributed by atoms with Gasteiger partial charge in [-0.15, -0.1) is 24.0 Å². The van der Waals surface area contributed by atoms with E-state index in [9.17, 15) is 4.79 Å². The summed E-state index contributed by atoms with van der Waals surface area (Å²) >= 11 is 0. The van der Waals surface area contributed by atoms with Gasteiger partial charge in [0.2, 0.25) is 5.91 Å². The first-order valence-corrected chi connectivity index (χ1v) is 8.67. The van der Waals surface area contributed by atoms with Crippen LogP contribution in [-0.4, -0.2) is 50.0 Å². The van der Waals surface area contributed by atoms with Gasteiger partial charge in [-0.2, -0.15) is 0 Å². The molecule has 5 nitrogen and oxygen atoms in total. The quantitative estimate of drug-likeness (QED) is 0.381. The predicted octanol–water partition coefficient (Wildman–Crippen LogP) is 2.85. The van der Waals surface area contributed by atoms with Crippen LogP contribution in [-0.2, 0) is 4.79 Å². The Morgan fingerprint density at radius 3 is 2.57 bits per heavy atom. The van der Waals surface area contributed by atoms with Gasteiger partial charge in [-0.05, 0) is 24.7 Å². The summed E-state index contributed by atoms with van der Waals surface area (Å²) in [6.45, 7) is 7.68. The summed E-state index contributed by atoms with van der Waals surface area (Å²) in [5.74, 6) is 2.18. The molecule has 6 heteroatoms. The van der Waals surface area contributed by atoms with Gasteiger partial charge in [0.05, 0.1) is 0 Å². The highest BCUT2D eigenvalue weighted by Gasteiger charge is 2.21. The van der Waals surface area contributed by atoms with E-state index in [0.29, 0.717) is 12.0 Å². The van der Waals surface area contributed by atoms with Crippen molar-refractivity contribution < 1.29 is 4.79 Å². The second-order valence-electron chi connectivity index (χ2n) is 7.01. The fourth-order valence-corrected chi connectivity index (χ4v) is 2.73. The van der Waals surface area contributed by atoms with E-state index in [1.807, 2.05) is 0 Å². The molecular formula is C17H35IN4O. The van der Waals surface area contributed by atoms with E-state index < -0.39 is 0 Å². The minimum Gasteiger partial charge on any atom is -0.356 e. The maximum absolute atomic E-state index is 11.7. The third-order valence-electron chi connectivity index (χ3n) is 4.25. The van der Waals surface area contributed by atoms with Crippen molar-refractivity contribution in [1.82, 2.24) is 15.5 Å². The average Bonchev–Trinajstić information content (AvgIpc) is 2.49. The normalized spacial score (nSPS) is 21.6. The fourth-order valence-electron chi connectivity index (χ4n) is 2.73. The largest absolute Gasteiger partial charge is 0.356 e. The number of hydrogen-bond acceptors (Lipinski definition) is 2. The molecule has 0 radical (unpaired) electrons. The van der Waals surface area contributed by atoms with Crippen molar-refractivity contribution in [3.05, 3.63) is 0 Å². The number of carbonyl (C=O) groups is 1. The molecule has 2 atom stereocenters. The highest BCUT2D eigenvalue weighted by atomic mass is 127. The molecule has 1 aliphatic rings. The topological polar surface area (TPSA) is 56.7 Å². The summed E-state index contributed by atoms with van der Waals surface area (Å²) in [4.78, 5) is 17.8. The highest BCUT2D eigenvalue weighted by molar-refractivity contribution is 14.0. The molecule has 1 saturated carbocycles. The number of nitrogens with one attached hydrogen (secondary N) is 2. The van der Waals surface area contributed by atoms with Crippen LogP contribution in [0.2, 0.25) is 0 Å². The molecule has 0 heterocycles. The maximum Gasteiger partial charge on any atom is 0.243 e. The molecule has 0 spiro atoms. The standard InChI is InChI=1S/C17H34N4O.HI/c1-6-14-8-7-9-15(10-14)20-17(18-11-13(2)3)19-12-16(22)21(4)5;/h13-15H,6-12H2,1-5H3,(H2,18,19,20);1H. The minimum absolute atomic E-state index is 0. The summed E-state index contributed by atoms with van der Waals surface area (Å²) in [5, 5.41) is 6.90. The monoisotopic (exact) mass is 438 g/mol. The smallest absolute Gasteiger partial charge is 0.243 e. The Bertz CT molecular complexity index is 372. The number of aliphatic imine (C=N–C) groups is 1. The molecule has 1 rings (SSSR count). The van der Waals surface area contributed by atoms with Crippen molar-refractivity contribution in [2.75, 3.05) is 27.2 Å². The molecule has 0 aromatic rings. The van der Waals surface area contributed by atoms with Gasteiger partial charge in [0.15, 0.2) is 5.96 Å². The van der Waals surface area contributed by atoms with Crippen LogP contribution in [0.5, 0.6) is 0 Å². The summed E-state index contributed by atoms with van der Waals surface area (Å²) in [7, 11) is 3.53. The van der Waals surface area contributed by atoms with Crippen LogP contribution < -0.4 is 10.6 Å². The van der Waals surface area contributed by atoms with Gasteiger partial charge in [0.25, 0.3) is 0 Å². The van der Waals surface area contributed by atoms with Crippen molar-refractivity contribution in [2.24, 2.45) is 16.8 Å². The Hall–Kier alpha value is -0.530. The molecular weight excluding hydrogens is 403 g/mol. The molecule has 0 bridgehead atoms. The van der Waals surface area contributed by atoms with Crippen molar-refractivity contribution in [3.8, 4) is 0 Å². The molecule has 0 saturated heterocycles. The van der Waals surface area contributed by atoms with Crippen LogP contribution in [0.25, 0.3) is 0 Å². The average molecular weight is 438 g/mol. The zero-order chi connectivity index (χ0) is 16.5. The zero-order valence-electron chi connectivity index (χ0n) is 15.4. The number of hydrogen-bond donors (Lipinski definition) is 2. The first-order valence-electron chi connectivity index (χ1n) is 8.67. The lowest BCUT2D eigenvalue weighted by Crippen LogP contribution is -2.46. The van der Waals surface area contributed by atoms with Gasteiger partial charge in [-0.3, -0.25) is 4.79 Å². The molecule has 136 valence electrons. The fraction of sp³-hybridized carbons (Fsp3) is 0.882. The lowest BCUT2D eigenvalue weighted by molar-refractivity contribution is -0.127. The second-order valence-corrected chi connectivity index (χ2v) is 7.01. The van der Waals surface area contributed by atoms with Gasteiger partial charge >= 0.3 is 0 Å². The number of carbonyl (C=O) groups excluding carboxylic acids is 1. The summed E-state index contributed by atoms with van der Waals surface area (Å²) in [6, 6.07) is 0.478. The Morgan fingerprint density at radius 2 is 2.00 bits per heavy atom. The molecule has 0 aliphatic heterocycles. The molecule has 2 N–H and O–H groups in total. The molecule has 0 aromatic heterocycles. The maximum atomic E-state index is 11.7. The predicted molar refractivity (Wildman–Crippen MR) is 108 cm³/mol. The van der Waals surface area contributed by atoms with Gasteiger partial charge in [0, 0.05) is 26.7 Å². The lowest BCUT2D eigenvalue weighted by Gasteiger charge is -2.30. The molecule has 0 aromatic carbocycles. The number of guanidine groups is 1. The SMILES string of the molecule is CCC1CCCC(NC(=NCC(=O)N(C)C)NCC(C)C)C1.I. The highest BCUT2D eigenvalue weighted by Crippen LogP contribution is 2.26. The second kappa shape index (κ2) is 11.9. The number of amides is 1. The van der Waals surface area contributed by atoms with E-state index in [1.54, 1.807) is 19.0 Å². The molecule has 2 unspecified atom stereocenters. The third kappa shape index (κ3) is 9.37. The van der Waals surface area contributed by atoms with Crippen molar-refractivity contribution in [1.29, 1.82) is 0 Å². The van der Waals surface area contributed by atoms with Crippen LogP contribution >= 0.6 is 24.0 Å². The first-order chi connectivity index (χ1) is 10.4. The molecule has 1 fully saturated rings. The zero-order valence-corrected chi connectivity index (χ0v) is 17.7. The van der Waals surface area contributed by atoms with E-state index in [1.165, 1.54) is 32.1 Å². The third-order valence-corrected chi connectivity index (χ3v) is 4.25. The van der Waals surface area contributed by atoms with Crippen LogP contribution in [0.3, 0.4) is 0 Å².